The Morgan fingerprint density at radius 1 is 1.16 bits per heavy atom. The van der Waals surface area contributed by atoms with Crippen LogP contribution in [0.25, 0.3) is 0 Å². The Morgan fingerprint density at radius 3 is 2.28 bits per heavy atom. The van der Waals surface area contributed by atoms with E-state index in [4.69, 9.17) is 0 Å². The lowest BCUT2D eigenvalue weighted by Gasteiger charge is -2.42. The number of carbonyl (C=O) groups excluding carboxylic acids is 3. The van der Waals surface area contributed by atoms with E-state index in [1.165, 1.54) is 28.3 Å². The van der Waals surface area contributed by atoms with Crippen molar-refractivity contribution in [1.29, 1.82) is 0 Å². The summed E-state index contributed by atoms with van der Waals surface area (Å²) in [6, 6.07) is 4.21. The van der Waals surface area contributed by atoms with Crippen LogP contribution in [0.5, 0.6) is 0 Å². The van der Waals surface area contributed by atoms with E-state index in [1.54, 1.807) is 13.0 Å². The van der Waals surface area contributed by atoms with Gasteiger partial charge in [0, 0.05) is 38.5 Å². The number of carbonyl (C=O) groups is 3. The molecule has 25 heavy (non-hydrogen) atoms. The predicted molar refractivity (Wildman–Crippen MR) is 89.1 cm³/mol. The molecule has 0 atom stereocenters. The second-order valence-electron chi connectivity index (χ2n) is 6.29. The van der Waals surface area contributed by atoms with Gasteiger partial charge >= 0.3 is 0 Å². The molecule has 2 aliphatic heterocycles. The van der Waals surface area contributed by atoms with Gasteiger partial charge in [0.1, 0.15) is 0 Å². The molecule has 2 heterocycles. The number of nitrogens with one attached hydrogen (secondary N) is 1. The van der Waals surface area contributed by atoms with Crippen molar-refractivity contribution in [2.75, 3.05) is 18.4 Å². The Bertz CT molecular complexity index is 843. The van der Waals surface area contributed by atoms with E-state index in [-0.39, 0.29) is 54.6 Å². The summed E-state index contributed by atoms with van der Waals surface area (Å²) in [5.74, 6) is -0.702. The fourth-order valence-electron chi connectivity index (χ4n) is 3.14. The van der Waals surface area contributed by atoms with Crippen LogP contribution in [0, 0.1) is 6.92 Å². The summed E-state index contributed by atoms with van der Waals surface area (Å²) in [6.45, 7) is 3.27. The highest BCUT2D eigenvalue weighted by atomic mass is 32.2. The molecule has 0 spiro atoms. The Hall–Kier alpha value is -2.26. The van der Waals surface area contributed by atoms with Crippen LogP contribution in [0.2, 0.25) is 0 Å². The Labute approximate surface area is 145 Å². The molecule has 8 nitrogen and oxygen atoms in total. The first kappa shape index (κ1) is 17.6. The molecule has 1 aromatic rings. The molecule has 1 N–H and O–H groups in total. The molecule has 1 aromatic carbocycles. The molecule has 3 rings (SSSR count). The van der Waals surface area contributed by atoms with E-state index < -0.39 is 10.0 Å². The highest BCUT2D eigenvalue weighted by Gasteiger charge is 2.45. The van der Waals surface area contributed by atoms with E-state index in [0.717, 1.165) is 0 Å². The van der Waals surface area contributed by atoms with Gasteiger partial charge in [-0.3, -0.25) is 19.3 Å². The first-order valence-electron chi connectivity index (χ1n) is 7.93. The zero-order valence-corrected chi connectivity index (χ0v) is 14.8. The number of benzene rings is 1. The van der Waals surface area contributed by atoms with Crippen LogP contribution >= 0.6 is 0 Å². The summed E-state index contributed by atoms with van der Waals surface area (Å²) in [5, 5.41) is 2.61. The van der Waals surface area contributed by atoms with Crippen molar-refractivity contribution >= 4 is 33.4 Å². The van der Waals surface area contributed by atoms with Gasteiger partial charge in [0.2, 0.25) is 27.7 Å². The van der Waals surface area contributed by atoms with Gasteiger partial charge in [0.15, 0.2) is 0 Å². The average molecular weight is 365 g/mol. The standard InChI is InChI=1S/C16H19N3O5S/c1-10-7-12(17-11(2)20)3-4-14(10)25(23,24)18-8-13(9-18)19-15(21)5-6-16(19)22/h3-4,7,13H,5-6,8-9H2,1-2H3,(H,17,20). The SMILES string of the molecule is CC(=O)Nc1ccc(S(=O)(=O)N2CC(N3C(=O)CCC3=O)C2)c(C)c1. The number of anilines is 1. The first-order chi connectivity index (χ1) is 11.7. The lowest BCUT2D eigenvalue weighted by atomic mass is 10.1. The molecular formula is C16H19N3O5S. The lowest BCUT2D eigenvalue weighted by molar-refractivity contribution is -0.143. The summed E-state index contributed by atoms with van der Waals surface area (Å²) in [5.41, 5.74) is 1.04. The van der Waals surface area contributed by atoms with E-state index in [2.05, 4.69) is 5.32 Å². The molecule has 0 aliphatic carbocycles. The van der Waals surface area contributed by atoms with Crippen molar-refractivity contribution in [2.24, 2.45) is 0 Å². The minimum Gasteiger partial charge on any atom is -0.326 e. The van der Waals surface area contributed by atoms with Gasteiger partial charge in [-0.05, 0) is 30.7 Å². The highest BCUT2D eigenvalue weighted by Crippen LogP contribution is 2.29. The molecule has 0 saturated carbocycles. The number of imide groups is 1. The molecule has 0 aromatic heterocycles. The fraction of sp³-hybridized carbons (Fsp3) is 0.438. The van der Waals surface area contributed by atoms with Crippen LogP contribution in [-0.4, -0.2) is 54.5 Å². The van der Waals surface area contributed by atoms with E-state index in [9.17, 15) is 22.8 Å². The molecule has 2 aliphatic rings. The lowest BCUT2D eigenvalue weighted by Crippen LogP contribution is -2.62. The minimum atomic E-state index is -3.70. The topological polar surface area (TPSA) is 104 Å². The van der Waals surface area contributed by atoms with Gasteiger partial charge in [-0.1, -0.05) is 0 Å². The van der Waals surface area contributed by atoms with E-state index in [1.807, 2.05) is 0 Å². The monoisotopic (exact) mass is 365 g/mol. The van der Waals surface area contributed by atoms with E-state index >= 15 is 0 Å². The Kier molecular flexibility index (Phi) is 4.38. The summed E-state index contributed by atoms with van der Waals surface area (Å²) in [7, 11) is -3.70. The number of hydrogen-bond donors (Lipinski definition) is 1. The molecule has 2 fully saturated rings. The number of amides is 3. The number of likely N-dealkylation sites (tertiary alicyclic amines) is 1. The quantitative estimate of drug-likeness (QED) is 0.782. The molecule has 0 radical (unpaired) electrons. The smallest absolute Gasteiger partial charge is 0.243 e. The normalized spacial score (nSPS) is 19.2. The number of rotatable bonds is 4. The van der Waals surface area contributed by atoms with Crippen molar-refractivity contribution in [3.8, 4) is 0 Å². The second-order valence-corrected chi connectivity index (χ2v) is 8.20. The van der Waals surface area contributed by atoms with Crippen molar-refractivity contribution < 1.29 is 22.8 Å². The molecule has 2 saturated heterocycles. The van der Waals surface area contributed by atoms with Gasteiger partial charge in [-0.2, -0.15) is 4.31 Å². The van der Waals surface area contributed by atoms with Gasteiger partial charge < -0.3 is 5.32 Å². The molecule has 0 unspecified atom stereocenters. The number of nitrogens with zero attached hydrogens (tertiary/aromatic N) is 2. The van der Waals surface area contributed by atoms with Crippen molar-refractivity contribution in [1.82, 2.24) is 9.21 Å². The summed E-state index contributed by atoms with van der Waals surface area (Å²) in [6.07, 6.45) is 0.400. The fourth-order valence-corrected chi connectivity index (χ4v) is 4.86. The third-order valence-corrected chi connectivity index (χ3v) is 6.39. The van der Waals surface area contributed by atoms with Crippen molar-refractivity contribution in [3.63, 3.8) is 0 Å². The highest BCUT2D eigenvalue weighted by molar-refractivity contribution is 7.89. The maximum Gasteiger partial charge on any atom is 0.243 e. The van der Waals surface area contributed by atoms with Gasteiger partial charge in [0.25, 0.3) is 0 Å². The van der Waals surface area contributed by atoms with Gasteiger partial charge in [0.05, 0.1) is 10.9 Å². The van der Waals surface area contributed by atoms with Gasteiger partial charge in [-0.15, -0.1) is 0 Å². The molecule has 134 valence electrons. The van der Waals surface area contributed by atoms with Crippen molar-refractivity contribution in [3.05, 3.63) is 23.8 Å². The zero-order chi connectivity index (χ0) is 18.4. The third kappa shape index (κ3) is 3.16. The number of sulfonamides is 1. The minimum absolute atomic E-state index is 0.118. The number of hydrogen-bond acceptors (Lipinski definition) is 5. The van der Waals surface area contributed by atoms with Gasteiger partial charge in [-0.25, -0.2) is 8.42 Å². The molecule has 0 bridgehead atoms. The summed E-state index contributed by atoms with van der Waals surface area (Å²) in [4.78, 5) is 35.9. The maximum absolute atomic E-state index is 12.7. The summed E-state index contributed by atoms with van der Waals surface area (Å²) < 4.78 is 26.7. The van der Waals surface area contributed by atoms with Crippen LogP contribution in [0.1, 0.15) is 25.3 Å². The molecule has 3 amide bonds. The van der Waals surface area contributed by atoms with Crippen LogP contribution in [-0.2, 0) is 24.4 Å². The first-order valence-corrected chi connectivity index (χ1v) is 9.37. The third-order valence-electron chi connectivity index (χ3n) is 4.40. The van der Waals surface area contributed by atoms with Crippen LogP contribution in [0.15, 0.2) is 23.1 Å². The van der Waals surface area contributed by atoms with Crippen LogP contribution in [0.3, 0.4) is 0 Å². The van der Waals surface area contributed by atoms with Crippen molar-refractivity contribution in [2.45, 2.75) is 37.6 Å². The summed E-state index contributed by atoms with van der Waals surface area (Å²) >= 11 is 0. The average Bonchev–Trinajstić information content (AvgIpc) is 2.77. The maximum atomic E-state index is 12.7. The Balaban J connectivity index is 1.74. The number of aryl methyl sites for hydroxylation is 1. The van der Waals surface area contributed by atoms with E-state index in [0.29, 0.717) is 11.3 Å². The Morgan fingerprint density at radius 2 is 1.76 bits per heavy atom. The molecule has 9 heteroatoms. The van der Waals surface area contributed by atoms with Crippen LogP contribution in [0.4, 0.5) is 5.69 Å². The largest absolute Gasteiger partial charge is 0.326 e. The predicted octanol–water partition coefficient (Wildman–Crippen LogP) is 0.475. The van der Waals surface area contributed by atoms with Crippen LogP contribution < -0.4 is 5.32 Å². The molecular weight excluding hydrogens is 346 g/mol. The second kappa shape index (κ2) is 6.23. The zero-order valence-electron chi connectivity index (χ0n) is 14.0.